The van der Waals surface area contributed by atoms with Gasteiger partial charge in [0.2, 0.25) is 0 Å². The molecule has 0 unspecified atom stereocenters. The minimum absolute atomic E-state index is 0.613. The summed E-state index contributed by atoms with van der Waals surface area (Å²) < 4.78 is 34.9. The molecule has 0 aromatic heterocycles. The second-order valence-corrected chi connectivity index (χ2v) is 10.5. The zero-order chi connectivity index (χ0) is 28.9. The molecule has 0 aromatic carbocycles. The fraction of sp³-hybridized carbons (Fsp3) is 1.00. The van der Waals surface area contributed by atoms with Crippen LogP contribution in [0.15, 0.2) is 0 Å². The number of unbranched alkanes of at least 4 members (excludes halogenated alkanes) is 16. The van der Waals surface area contributed by atoms with Gasteiger partial charge < -0.3 is 28.4 Å². The molecule has 0 saturated heterocycles. The SMILES string of the molecule is CCOC(CCCCCCCCCCCCCCCCCCCC(OCC)(OCC)OCC)(OCC)OCC. The zero-order valence-corrected chi connectivity index (χ0v) is 27.1. The Morgan fingerprint density at radius 3 is 0.564 bits per heavy atom. The summed E-state index contributed by atoms with van der Waals surface area (Å²) in [6.45, 7) is 15.7. The highest BCUT2D eigenvalue weighted by Gasteiger charge is 2.32. The molecule has 0 spiro atoms. The van der Waals surface area contributed by atoms with Gasteiger partial charge in [0.1, 0.15) is 0 Å². The van der Waals surface area contributed by atoms with E-state index >= 15 is 0 Å². The van der Waals surface area contributed by atoms with Crippen LogP contribution in [-0.4, -0.2) is 51.6 Å². The molecule has 6 nitrogen and oxygen atoms in total. The van der Waals surface area contributed by atoms with Crippen molar-refractivity contribution in [3.05, 3.63) is 0 Å². The summed E-state index contributed by atoms with van der Waals surface area (Å²) in [6.07, 6.45) is 24.1. The van der Waals surface area contributed by atoms with Gasteiger partial charge >= 0.3 is 0 Å². The first-order valence-electron chi connectivity index (χ1n) is 16.9. The Hall–Kier alpha value is -0.240. The van der Waals surface area contributed by atoms with Gasteiger partial charge in [-0.05, 0) is 54.4 Å². The minimum atomic E-state index is -0.830. The summed E-state index contributed by atoms with van der Waals surface area (Å²) in [6, 6.07) is 0. The zero-order valence-electron chi connectivity index (χ0n) is 27.1. The van der Waals surface area contributed by atoms with Crippen LogP contribution in [0.25, 0.3) is 0 Å². The van der Waals surface area contributed by atoms with Crippen LogP contribution in [0.5, 0.6) is 0 Å². The monoisotopic (exact) mass is 561 g/mol. The smallest absolute Gasteiger partial charge is 0.282 e. The third-order valence-electron chi connectivity index (χ3n) is 7.15. The van der Waals surface area contributed by atoms with Gasteiger partial charge in [-0.1, -0.05) is 96.3 Å². The topological polar surface area (TPSA) is 55.4 Å². The van der Waals surface area contributed by atoms with E-state index in [2.05, 4.69) is 0 Å². The summed E-state index contributed by atoms with van der Waals surface area (Å²) >= 11 is 0. The van der Waals surface area contributed by atoms with Crippen LogP contribution in [0.1, 0.15) is 164 Å². The van der Waals surface area contributed by atoms with Crippen molar-refractivity contribution in [1.82, 2.24) is 0 Å². The van der Waals surface area contributed by atoms with Crippen LogP contribution in [0.2, 0.25) is 0 Å². The predicted octanol–water partition coefficient (Wildman–Crippen LogP) is 9.92. The van der Waals surface area contributed by atoms with Crippen molar-refractivity contribution in [3.8, 4) is 0 Å². The Morgan fingerprint density at radius 2 is 0.410 bits per heavy atom. The molecule has 6 heteroatoms. The van der Waals surface area contributed by atoms with E-state index in [1.54, 1.807) is 0 Å². The number of ether oxygens (including phenoxy) is 6. The number of rotatable bonds is 32. The molecule has 0 atom stereocenters. The van der Waals surface area contributed by atoms with Gasteiger partial charge in [0.05, 0.1) is 0 Å². The maximum atomic E-state index is 5.82. The van der Waals surface area contributed by atoms with Crippen LogP contribution >= 0.6 is 0 Å². The van der Waals surface area contributed by atoms with E-state index in [1.807, 2.05) is 41.5 Å². The lowest BCUT2D eigenvalue weighted by atomic mass is 10.0. The fourth-order valence-electron chi connectivity index (χ4n) is 5.34. The van der Waals surface area contributed by atoms with Crippen LogP contribution in [0, 0.1) is 0 Å². The maximum Gasteiger partial charge on any atom is 0.282 e. The first-order valence-corrected chi connectivity index (χ1v) is 16.9. The molecule has 0 amide bonds. The van der Waals surface area contributed by atoms with Gasteiger partial charge in [-0.3, -0.25) is 0 Å². The third kappa shape index (κ3) is 21.2. The Balaban J connectivity index is 3.57. The Morgan fingerprint density at radius 1 is 0.256 bits per heavy atom. The van der Waals surface area contributed by atoms with E-state index in [1.165, 1.54) is 96.3 Å². The molecule has 0 fully saturated rings. The molecule has 0 aliphatic rings. The lowest BCUT2D eigenvalue weighted by Gasteiger charge is -2.32. The van der Waals surface area contributed by atoms with E-state index < -0.39 is 11.9 Å². The molecule has 0 aromatic rings. The lowest BCUT2D eigenvalue weighted by Crippen LogP contribution is -2.39. The summed E-state index contributed by atoms with van der Waals surface area (Å²) in [5.74, 6) is -1.66. The highest BCUT2D eigenvalue weighted by molar-refractivity contribution is 4.61. The molecule has 0 bridgehead atoms. The highest BCUT2D eigenvalue weighted by Crippen LogP contribution is 2.25. The second-order valence-electron chi connectivity index (χ2n) is 10.5. The first kappa shape index (κ1) is 38.8. The average Bonchev–Trinajstić information content (AvgIpc) is 2.91. The molecule has 0 radical (unpaired) electrons. The summed E-state index contributed by atoms with van der Waals surface area (Å²) in [7, 11) is 0. The molecule has 0 aliphatic carbocycles. The van der Waals surface area contributed by atoms with E-state index in [4.69, 9.17) is 28.4 Å². The molecular formula is C33H68O6. The van der Waals surface area contributed by atoms with Gasteiger partial charge in [-0.2, -0.15) is 0 Å². The normalized spacial score (nSPS) is 12.5. The highest BCUT2D eigenvalue weighted by atomic mass is 16.9. The van der Waals surface area contributed by atoms with Crippen LogP contribution in [0.4, 0.5) is 0 Å². The van der Waals surface area contributed by atoms with Crippen molar-refractivity contribution in [2.45, 2.75) is 175 Å². The summed E-state index contributed by atoms with van der Waals surface area (Å²) in [4.78, 5) is 0. The second kappa shape index (κ2) is 27.9. The van der Waals surface area contributed by atoms with Crippen molar-refractivity contribution in [3.63, 3.8) is 0 Å². The quantitative estimate of drug-likeness (QED) is 0.0603. The number of hydrogen-bond donors (Lipinski definition) is 0. The van der Waals surface area contributed by atoms with Crippen LogP contribution in [0.3, 0.4) is 0 Å². The average molecular weight is 561 g/mol. The summed E-state index contributed by atoms with van der Waals surface area (Å²) in [5.41, 5.74) is 0. The lowest BCUT2D eigenvalue weighted by molar-refractivity contribution is -0.380. The van der Waals surface area contributed by atoms with Crippen molar-refractivity contribution in [1.29, 1.82) is 0 Å². The van der Waals surface area contributed by atoms with Gasteiger partial charge in [0, 0.05) is 52.5 Å². The maximum absolute atomic E-state index is 5.82. The molecule has 0 aliphatic heterocycles. The van der Waals surface area contributed by atoms with Gasteiger partial charge in [0.25, 0.3) is 11.9 Å². The van der Waals surface area contributed by atoms with E-state index in [-0.39, 0.29) is 0 Å². The van der Waals surface area contributed by atoms with Gasteiger partial charge in [0.15, 0.2) is 0 Å². The Bertz CT molecular complexity index is 411. The van der Waals surface area contributed by atoms with E-state index in [9.17, 15) is 0 Å². The van der Waals surface area contributed by atoms with Crippen molar-refractivity contribution < 1.29 is 28.4 Å². The molecule has 0 N–H and O–H groups in total. The molecular weight excluding hydrogens is 492 g/mol. The van der Waals surface area contributed by atoms with Crippen molar-refractivity contribution >= 4 is 0 Å². The summed E-state index contributed by atoms with van der Waals surface area (Å²) in [5, 5.41) is 0. The Labute approximate surface area is 243 Å². The standard InChI is InChI=1S/C33H68O6/c1-7-34-32(35-8-2,36-9-3)30-28-26-24-22-20-18-16-14-13-15-17-19-21-23-25-27-29-31-33(37-10-4,38-11-5)39-12-6/h7-31H2,1-6H3. The van der Waals surface area contributed by atoms with Crippen molar-refractivity contribution in [2.75, 3.05) is 39.6 Å². The molecule has 0 saturated carbocycles. The molecule has 39 heavy (non-hydrogen) atoms. The first-order chi connectivity index (χ1) is 19.1. The molecule has 0 heterocycles. The van der Waals surface area contributed by atoms with E-state index in [0.717, 1.165) is 25.7 Å². The third-order valence-corrected chi connectivity index (χ3v) is 7.15. The molecule has 0 rings (SSSR count). The van der Waals surface area contributed by atoms with Crippen LogP contribution in [-0.2, 0) is 28.4 Å². The Kier molecular flexibility index (Phi) is 27.7. The fourth-order valence-corrected chi connectivity index (χ4v) is 5.34. The van der Waals surface area contributed by atoms with Gasteiger partial charge in [-0.15, -0.1) is 0 Å². The molecule has 236 valence electrons. The largest absolute Gasteiger partial charge is 0.328 e. The van der Waals surface area contributed by atoms with Gasteiger partial charge in [-0.25, -0.2) is 0 Å². The van der Waals surface area contributed by atoms with E-state index in [0.29, 0.717) is 39.6 Å². The minimum Gasteiger partial charge on any atom is -0.328 e. The van der Waals surface area contributed by atoms with Crippen molar-refractivity contribution in [2.24, 2.45) is 0 Å². The van der Waals surface area contributed by atoms with Crippen LogP contribution < -0.4 is 0 Å². The number of hydrogen-bond acceptors (Lipinski definition) is 6. The predicted molar refractivity (Wildman–Crippen MR) is 163 cm³/mol.